The van der Waals surface area contributed by atoms with Gasteiger partial charge >= 0.3 is 0 Å². The number of nitrogens with one attached hydrogen (secondary N) is 2. The van der Waals surface area contributed by atoms with Gasteiger partial charge < -0.3 is 15.2 Å². The molecule has 0 heterocycles. The Labute approximate surface area is 233 Å². The van der Waals surface area contributed by atoms with Crippen LogP contribution in [0, 0.1) is 0 Å². The zero-order valence-electron chi connectivity index (χ0n) is 21.6. The maximum absolute atomic E-state index is 15.6. The first-order valence-electron chi connectivity index (χ1n) is 12.8. The molecule has 6 heteroatoms. The van der Waals surface area contributed by atoms with Gasteiger partial charge in [0.15, 0.2) is 7.14 Å². The van der Waals surface area contributed by atoms with Crippen LogP contribution in [0.2, 0.25) is 0 Å². The van der Waals surface area contributed by atoms with Crippen molar-refractivity contribution in [2.24, 2.45) is 0 Å². The average molecular weight is 543 g/mol. The van der Waals surface area contributed by atoms with E-state index in [1.807, 2.05) is 66.7 Å². The number of carbonyl (C=O) groups excluding carboxylic acids is 2. The van der Waals surface area contributed by atoms with Gasteiger partial charge in [-0.05, 0) is 29.8 Å². The van der Waals surface area contributed by atoms with Crippen LogP contribution in [0.5, 0.6) is 0 Å². The summed E-state index contributed by atoms with van der Waals surface area (Å²) < 4.78 is 15.6. The zero-order chi connectivity index (χ0) is 27.8. The Morgan fingerprint density at radius 2 is 0.900 bits per heavy atom. The highest BCUT2D eigenvalue weighted by Crippen LogP contribution is 2.57. The van der Waals surface area contributed by atoms with Crippen LogP contribution in [-0.2, 0) is 9.36 Å². The van der Waals surface area contributed by atoms with Crippen molar-refractivity contribution in [1.82, 2.24) is 5.32 Å². The summed E-state index contributed by atoms with van der Waals surface area (Å²) in [5.74, 6) is -1.07. The molecule has 0 fully saturated rings. The Hall–Kier alpha value is -4.99. The molecule has 0 unspecified atom stereocenters. The van der Waals surface area contributed by atoms with Gasteiger partial charge in [-0.25, -0.2) is 0 Å². The van der Waals surface area contributed by atoms with Crippen molar-refractivity contribution in [2.45, 2.75) is 0 Å². The molecule has 0 radical (unpaired) electrons. The van der Waals surface area contributed by atoms with E-state index in [1.165, 1.54) is 0 Å². The maximum atomic E-state index is 15.6. The summed E-state index contributed by atoms with van der Waals surface area (Å²) in [6, 6.07) is 44.9. The van der Waals surface area contributed by atoms with Crippen LogP contribution >= 0.6 is 7.14 Å². The molecule has 5 nitrogen and oxygen atoms in total. The van der Waals surface area contributed by atoms with E-state index < -0.39 is 19.0 Å². The van der Waals surface area contributed by atoms with Gasteiger partial charge in [0.05, 0.1) is 5.31 Å². The average Bonchev–Trinajstić information content (AvgIpc) is 3.03. The molecule has 0 aliphatic carbocycles. The van der Waals surface area contributed by atoms with E-state index in [-0.39, 0.29) is 11.0 Å². The van der Waals surface area contributed by atoms with Gasteiger partial charge in [-0.2, -0.15) is 0 Å². The lowest BCUT2D eigenvalue weighted by Crippen LogP contribution is -2.33. The molecule has 5 rings (SSSR count). The van der Waals surface area contributed by atoms with Crippen molar-refractivity contribution in [2.75, 3.05) is 5.32 Å². The van der Waals surface area contributed by atoms with E-state index in [4.69, 9.17) is 0 Å². The lowest BCUT2D eigenvalue weighted by Gasteiger charge is -2.26. The standard InChI is InChI=1S/C34H27N2O3P/c37-33(27-18-8-2-9-19-27)36-31(34(38)35-28-20-10-3-11-21-28)32(26-16-6-1-7-17-26)40(39,29-22-12-4-13-23-29)30-24-14-5-15-25-30/h1-25H,(H,35,38)(H,36,37)/b32-31-. The van der Waals surface area contributed by atoms with Crippen molar-refractivity contribution in [1.29, 1.82) is 0 Å². The lowest BCUT2D eigenvalue weighted by molar-refractivity contribution is -0.113. The number of para-hydroxylation sites is 1. The second-order valence-electron chi connectivity index (χ2n) is 9.01. The van der Waals surface area contributed by atoms with Crippen molar-refractivity contribution in [3.63, 3.8) is 0 Å². The van der Waals surface area contributed by atoms with Crippen molar-refractivity contribution >= 4 is 40.6 Å². The van der Waals surface area contributed by atoms with Gasteiger partial charge in [-0.3, -0.25) is 9.59 Å². The van der Waals surface area contributed by atoms with E-state index in [1.54, 1.807) is 84.9 Å². The molecule has 0 aliphatic heterocycles. The second kappa shape index (κ2) is 12.2. The van der Waals surface area contributed by atoms with Crippen LogP contribution in [-0.4, -0.2) is 11.8 Å². The molecule has 2 N–H and O–H groups in total. The summed E-state index contributed by atoms with van der Waals surface area (Å²) in [4.78, 5) is 27.6. The molecule has 0 spiro atoms. The molecule has 0 atom stereocenters. The minimum atomic E-state index is -3.71. The summed E-state index contributed by atoms with van der Waals surface area (Å²) in [7, 11) is -3.71. The molecule has 0 saturated heterocycles. The third-order valence-corrected chi connectivity index (χ3v) is 9.53. The van der Waals surface area contributed by atoms with Gasteiger partial charge in [0.2, 0.25) is 0 Å². The molecule has 40 heavy (non-hydrogen) atoms. The highest BCUT2D eigenvalue weighted by molar-refractivity contribution is 7.87. The predicted octanol–water partition coefficient (Wildman–Crippen LogP) is 6.44. The van der Waals surface area contributed by atoms with Crippen LogP contribution < -0.4 is 21.2 Å². The first-order chi connectivity index (χ1) is 19.6. The SMILES string of the molecule is O=C(Nc1ccccc1)/C(NC(=O)c1ccccc1)=C(\c1ccccc1)P(=O)(c1ccccc1)c1ccccc1. The molecular formula is C34H27N2O3P. The molecule has 5 aromatic carbocycles. The highest BCUT2D eigenvalue weighted by atomic mass is 31.2. The van der Waals surface area contributed by atoms with E-state index in [0.717, 1.165) is 0 Å². The molecule has 2 amide bonds. The summed E-state index contributed by atoms with van der Waals surface area (Å²) in [6.07, 6.45) is 0. The molecule has 5 aromatic rings. The molecular weight excluding hydrogens is 515 g/mol. The smallest absolute Gasteiger partial charge is 0.273 e. The van der Waals surface area contributed by atoms with Crippen LogP contribution in [0.15, 0.2) is 157 Å². The molecule has 196 valence electrons. The van der Waals surface area contributed by atoms with Crippen molar-refractivity contribution in [3.8, 4) is 0 Å². The zero-order valence-corrected chi connectivity index (χ0v) is 22.5. The van der Waals surface area contributed by atoms with Crippen molar-refractivity contribution in [3.05, 3.63) is 168 Å². The van der Waals surface area contributed by atoms with Gasteiger partial charge in [0, 0.05) is 21.9 Å². The fraction of sp³-hybridized carbons (Fsp3) is 0. The Morgan fingerprint density at radius 3 is 1.38 bits per heavy atom. The predicted molar refractivity (Wildman–Crippen MR) is 162 cm³/mol. The molecule has 0 bridgehead atoms. The topological polar surface area (TPSA) is 75.3 Å². The molecule has 0 aliphatic rings. The quantitative estimate of drug-likeness (QED) is 0.175. The highest BCUT2D eigenvalue weighted by Gasteiger charge is 2.37. The van der Waals surface area contributed by atoms with Crippen LogP contribution in [0.4, 0.5) is 5.69 Å². The summed E-state index contributed by atoms with van der Waals surface area (Å²) in [5.41, 5.74) is 1.39. The lowest BCUT2D eigenvalue weighted by atomic mass is 10.1. The summed E-state index contributed by atoms with van der Waals surface area (Å²) in [5, 5.41) is 7.07. The number of amides is 2. The fourth-order valence-corrected chi connectivity index (χ4v) is 7.46. The number of benzene rings is 5. The maximum Gasteiger partial charge on any atom is 0.273 e. The van der Waals surface area contributed by atoms with Gasteiger partial charge in [0.25, 0.3) is 11.8 Å². The fourth-order valence-electron chi connectivity index (χ4n) is 4.48. The normalized spacial score (nSPS) is 11.7. The third-order valence-electron chi connectivity index (χ3n) is 6.37. The minimum absolute atomic E-state index is 0.0834. The Morgan fingerprint density at radius 1 is 0.500 bits per heavy atom. The largest absolute Gasteiger partial charge is 0.321 e. The van der Waals surface area contributed by atoms with Crippen LogP contribution in [0.25, 0.3) is 5.31 Å². The van der Waals surface area contributed by atoms with Gasteiger partial charge in [-0.1, -0.05) is 127 Å². The number of hydrogen-bond acceptors (Lipinski definition) is 3. The van der Waals surface area contributed by atoms with Crippen molar-refractivity contribution < 1.29 is 14.2 Å². The third kappa shape index (κ3) is 5.70. The minimum Gasteiger partial charge on any atom is -0.321 e. The first-order valence-corrected chi connectivity index (χ1v) is 14.5. The number of carbonyl (C=O) groups is 2. The van der Waals surface area contributed by atoms with Crippen LogP contribution in [0.3, 0.4) is 0 Å². The van der Waals surface area contributed by atoms with Crippen LogP contribution in [0.1, 0.15) is 15.9 Å². The Bertz CT molecular complexity index is 1630. The van der Waals surface area contributed by atoms with E-state index in [9.17, 15) is 9.59 Å². The van der Waals surface area contributed by atoms with Gasteiger partial charge in [0.1, 0.15) is 5.70 Å². The summed E-state index contributed by atoms with van der Waals surface area (Å²) >= 11 is 0. The Balaban J connectivity index is 1.81. The monoisotopic (exact) mass is 542 g/mol. The number of hydrogen-bond donors (Lipinski definition) is 2. The number of anilines is 1. The Kier molecular flexibility index (Phi) is 8.15. The van der Waals surface area contributed by atoms with E-state index in [0.29, 0.717) is 27.4 Å². The van der Waals surface area contributed by atoms with Gasteiger partial charge in [-0.15, -0.1) is 0 Å². The van der Waals surface area contributed by atoms with E-state index >= 15 is 4.57 Å². The van der Waals surface area contributed by atoms with E-state index in [2.05, 4.69) is 10.6 Å². The second-order valence-corrected chi connectivity index (χ2v) is 11.7. The summed E-state index contributed by atoms with van der Waals surface area (Å²) in [6.45, 7) is 0. The molecule has 0 aromatic heterocycles. The first kappa shape index (κ1) is 26.6. The molecule has 0 saturated carbocycles. The number of rotatable bonds is 8.